The molecule has 1 aromatic carbocycles. The van der Waals surface area contributed by atoms with Crippen molar-refractivity contribution in [2.24, 2.45) is 0 Å². The SMILES string of the molecule is CCn1cc(Br)cc1C(=O)Nc1ccc(F)c(C)c1. The number of nitrogens with zero attached hydrogens (tertiary/aromatic N) is 1. The molecule has 0 saturated heterocycles. The largest absolute Gasteiger partial charge is 0.343 e. The zero-order valence-corrected chi connectivity index (χ0v) is 12.3. The van der Waals surface area contributed by atoms with Crippen molar-refractivity contribution in [2.45, 2.75) is 20.4 Å². The highest BCUT2D eigenvalue weighted by Gasteiger charge is 2.12. The topological polar surface area (TPSA) is 34.0 Å². The zero-order valence-electron chi connectivity index (χ0n) is 10.7. The predicted molar refractivity (Wildman–Crippen MR) is 76.9 cm³/mol. The second kappa shape index (κ2) is 5.57. The van der Waals surface area contributed by atoms with Gasteiger partial charge in [-0.05, 0) is 59.6 Å². The first-order valence-corrected chi connectivity index (χ1v) is 6.73. The first kappa shape index (κ1) is 13.8. The molecule has 0 spiro atoms. The van der Waals surface area contributed by atoms with Gasteiger partial charge < -0.3 is 9.88 Å². The average molecular weight is 325 g/mol. The second-order valence-electron chi connectivity index (χ2n) is 4.25. The van der Waals surface area contributed by atoms with E-state index >= 15 is 0 Å². The molecule has 19 heavy (non-hydrogen) atoms. The van der Waals surface area contributed by atoms with Gasteiger partial charge in [-0.1, -0.05) is 0 Å². The number of hydrogen-bond donors (Lipinski definition) is 1. The molecule has 1 aromatic heterocycles. The maximum absolute atomic E-state index is 13.2. The van der Waals surface area contributed by atoms with Crippen LogP contribution in [0.4, 0.5) is 10.1 Å². The number of halogens is 2. The van der Waals surface area contributed by atoms with E-state index in [2.05, 4.69) is 21.2 Å². The number of amides is 1. The molecule has 0 aliphatic carbocycles. The molecule has 0 bridgehead atoms. The molecule has 1 heterocycles. The molecule has 3 nitrogen and oxygen atoms in total. The van der Waals surface area contributed by atoms with Gasteiger partial charge in [0, 0.05) is 22.9 Å². The van der Waals surface area contributed by atoms with Gasteiger partial charge in [-0.2, -0.15) is 0 Å². The quantitative estimate of drug-likeness (QED) is 0.910. The van der Waals surface area contributed by atoms with Crippen LogP contribution < -0.4 is 5.32 Å². The lowest BCUT2D eigenvalue weighted by Crippen LogP contribution is -2.16. The van der Waals surface area contributed by atoms with Crippen LogP contribution in [-0.4, -0.2) is 10.5 Å². The summed E-state index contributed by atoms with van der Waals surface area (Å²) in [4.78, 5) is 12.2. The van der Waals surface area contributed by atoms with Gasteiger partial charge >= 0.3 is 0 Å². The third-order valence-electron chi connectivity index (χ3n) is 2.85. The van der Waals surface area contributed by atoms with Crippen LogP contribution in [0.2, 0.25) is 0 Å². The van der Waals surface area contributed by atoms with Crippen molar-refractivity contribution in [2.75, 3.05) is 5.32 Å². The molecule has 1 amide bonds. The van der Waals surface area contributed by atoms with Crippen LogP contribution in [-0.2, 0) is 6.54 Å². The van der Waals surface area contributed by atoms with Crippen LogP contribution in [0, 0.1) is 12.7 Å². The lowest BCUT2D eigenvalue weighted by molar-refractivity contribution is 0.101. The maximum atomic E-state index is 13.2. The molecular formula is C14H14BrFN2O. The Kier molecular flexibility index (Phi) is 4.04. The molecule has 2 aromatic rings. The van der Waals surface area contributed by atoms with E-state index in [4.69, 9.17) is 0 Å². The Labute approximate surface area is 119 Å². The molecule has 0 atom stereocenters. The van der Waals surface area contributed by atoms with Crippen LogP contribution in [0.1, 0.15) is 23.0 Å². The highest BCUT2D eigenvalue weighted by Crippen LogP contribution is 2.18. The number of carbonyl (C=O) groups is 1. The molecule has 2 rings (SSSR count). The number of rotatable bonds is 3. The molecule has 100 valence electrons. The number of aryl methyl sites for hydroxylation is 2. The molecule has 0 fully saturated rings. The van der Waals surface area contributed by atoms with Crippen molar-refractivity contribution in [1.29, 1.82) is 0 Å². The highest BCUT2D eigenvalue weighted by atomic mass is 79.9. The number of hydrogen-bond acceptors (Lipinski definition) is 1. The van der Waals surface area contributed by atoms with E-state index in [1.165, 1.54) is 6.07 Å². The summed E-state index contributed by atoms with van der Waals surface area (Å²) in [6, 6.07) is 6.27. The summed E-state index contributed by atoms with van der Waals surface area (Å²) in [5.41, 5.74) is 1.66. The van der Waals surface area contributed by atoms with Crippen molar-refractivity contribution in [1.82, 2.24) is 4.57 Å². The average Bonchev–Trinajstić information content (AvgIpc) is 2.75. The van der Waals surface area contributed by atoms with Gasteiger partial charge in [0.05, 0.1) is 0 Å². The van der Waals surface area contributed by atoms with Crippen LogP contribution in [0.3, 0.4) is 0 Å². The minimum atomic E-state index is -0.280. The second-order valence-corrected chi connectivity index (χ2v) is 5.16. The van der Waals surface area contributed by atoms with Gasteiger partial charge in [0.15, 0.2) is 0 Å². The summed E-state index contributed by atoms with van der Waals surface area (Å²) in [5, 5.41) is 2.77. The fourth-order valence-corrected chi connectivity index (χ4v) is 2.31. The summed E-state index contributed by atoms with van der Waals surface area (Å²) in [6.07, 6.45) is 1.85. The van der Waals surface area contributed by atoms with E-state index in [0.717, 1.165) is 4.47 Å². The summed E-state index contributed by atoms with van der Waals surface area (Å²) < 4.78 is 15.9. The van der Waals surface area contributed by atoms with E-state index in [1.54, 1.807) is 25.1 Å². The van der Waals surface area contributed by atoms with Gasteiger partial charge in [0.25, 0.3) is 5.91 Å². The molecule has 0 unspecified atom stereocenters. The Morgan fingerprint density at radius 2 is 2.16 bits per heavy atom. The van der Waals surface area contributed by atoms with Crippen LogP contribution in [0.15, 0.2) is 34.9 Å². The van der Waals surface area contributed by atoms with Gasteiger partial charge in [0.1, 0.15) is 11.5 Å². The standard InChI is InChI=1S/C14H14BrFN2O/c1-3-18-8-10(15)7-13(18)14(19)17-11-4-5-12(16)9(2)6-11/h4-8H,3H2,1-2H3,(H,17,19). The van der Waals surface area contributed by atoms with Crippen LogP contribution >= 0.6 is 15.9 Å². The summed E-state index contributed by atoms with van der Waals surface area (Å²) in [5.74, 6) is -0.490. The van der Waals surface area contributed by atoms with Crippen LogP contribution in [0.25, 0.3) is 0 Å². The minimum Gasteiger partial charge on any atom is -0.343 e. The van der Waals surface area contributed by atoms with Crippen molar-refractivity contribution < 1.29 is 9.18 Å². The highest BCUT2D eigenvalue weighted by molar-refractivity contribution is 9.10. The Morgan fingerprint density at radius 1 is 1.42 bits per heavy atom. The Hall–Kier alpha value is -1.62. The number of aromatic nitrogens is 1. The Balaban J connectivity index is 2.22. The Morgan fingerprint density at radius 3 is 2.79 bits per heavy atom. The predicted octanol–water partition coefficient (Wildman–Crippen LogP) is 3.97. The normalized spacial score (nSPS) is 10.5. The minimum absolute atomic E-state index is 0.210. The van der Waals surface area contributed by atoms with Gasteiger partial charge in [-0.3, -0.25) is 4.79 Å². The molecular weight excluding hydrogens is 311 g/mol. The number of carbonyl (C=O) groups excluding carboxylic acids is 1. The van der Waals surface area contributed by atoms with Gasteiger partial charge in [-0.15, -0.1) is 0 Å². The van der Waals surface area contributed by atoms with E-state index in [1.807, 2.05) is 17.7 Å². The Bertz CT molecular complexity index is 622. The summed E-state index contributed by atoms with van der Waals surface area (Å²) in [7, 11) is 0. The summed E-state index contributed by atoms with van der Waals surface area (Å²) in [6.45, 7) is 4.33. The van der Waals surface area contributed by atoms with E-state index < -0.39 is 0 Å². The number of anilines is 1. The first-order chi connectivity index (χ1) is 9.01. The van der Waals surface area contributed by atoms with E-state index in [-0.39, 0.29) is 11.7 Å². The van der Waals surface area contributed by atoms with Gasteiger partial charge in [0.2, 0.25) is 0 Å². The molecule has 0 radical (unpaired) electrons. The molecule has 5 heteroatoms. The fourth-order valence-electron chi connectivity index (χ4n) is 1.84. The van der Waals surface area contributed by atoms with Crippen molar-refractivity contribution in [3.63, 3.8) is 0 Å². The molecule has 0 aliphatic heterocycles. The lowest BCUT2D eigenvalue weighted by atomic mass is 10.2. The number of nitrogens with one attached hydrogen (secondary N) is 1. The van der Waals surface area contributed by atoms with E-state index in [0.29, 0.717) is 23.5 Å². The van der Waals surface area contributed by atoms with Crippen molar-refractivity contribution in [3.05, 3.63) is 52.0 Å². The lowest BCUT2D eigenvalue weighted by Gasteiger charge is -2.08. The van der Waals surface area contributed by atoms with E-state index in [9.17, 15) is 9.18 Å². The maximum Gasteiger partial charge on any atom is 0.272 e. The van der Waals surface area contributed by atoms with Crippen molar-refractivity contribution >= 4 is 27.5 Å². The first-order valence-electron chi connectivity index (χ1n) is 5.94. The van der Waals surface area contributed by atoms with Crippen molar-refractivity contribution in [3.8, 4) is 0 Å². The zero-order chi connectivity index (χ0) is 14.0. The van der Waals surface area contributed by atoms with Gasteiger partial charge in [-0.25, -0.2) is 4.39 Å². The third-order valence-corrected chi connectivity index (χ3v) is 3.29. The molecule has 1 N–H and O–H groups in total. The monoisotopic (exact) mass is 324 g/mol. The third kappa shape index (κ3) is 3.04. The summed E-state index contributed by atoms with van der Waals surface area (Å²) >= 11 is 3.35. The smallest absolute Gasteiger partial charge is 0.272 e. The fraction of sp³-hybridized carbons (Fsp3) is 0.214. The van der Waals surface area contributed by atoms with Crippen LogP contribution in [0.5, 0.6) is 0 Å². The molecule has 0 aliphatic rings. The molecule has 0 saturated carbocycles. The number of benzene rings is 1.